The van der Waals surface area contributed by atoms with Gasteiger partial charge in [-0.3, -0.25) is 0 Å². The molecule has 0 spiro atoms. The Hall–Kier alpha value is -2.33. The molecule has 0 N–H and O–H groups in total. The van der Waals surface area contributed by atoms with Crippen LogP contribution in [0.15, 0.2) is 42.5 Å². The lowest BCUT2D eigenvalue weighted by molar-refractivity contribution is 0.0362. The zero-order valence-corrected chi connectivity index (χ0v) is 15.5. The van der Waals surface area contributed by atoms with Gasteiger partial charge in [-0.2, -0.15) is 0 Å². The van der Waals surface area contributed by atoms with Gasteiger partial charge >= 0.3 is 11.9 Å². The number of benzene rings is 2. The molecule has 0 saturated heterocycles. The zero-order valence-electron chi connectivity index (χ0n) is 14.8. The highest BCUT2D eigenvalue weighted by Gasteiger charge is 2.21. The molecule has 0 aliphatic heterocycles. The molecule has 0 atom stereocenters. The Morgan fingerprint density at radius 3 is 2.16 bits per heavy atom. The van der Waals surface area contributed by atoms with Gasteiger partial charge in [-0.1, -0.05) is 44.5 Å². The van der Waals surface area contributed by atoms with Crippen LogP contribution < -0.4 is 4.74 Å². The molecule has 0 aliphatic rings. The summed E-state index contributed by atoms with van der Waals surface area (Å²) in [5.74, 6) is -0.801. The molecule has 0 aliphatic carbocycles. The van der Waals surface area contributed by atoms with E-state index in [9.17, 15) is 9.59 Å². The first kappa shape index (κ1) is 19.0. The molecular weight excluding hydrogens is 340 g/mol. The summed E-state index contributed by atoms with van der Waals surface area (Å²) in [6, 6.07) is 11.4. The Labute approximate surface area is 152 Å². The molecule has 0 saturated carbocycles. The van der Waals surface area contributed by atoms with Crippen LogP contribution in [0.25, 0.3) is 0 Å². The highest BCUT2D eigenvalue weighted by Crippen LogP contribution is 2.23. The average molecular weight is 361 g/mol. The van der Waals surface area contributed by atoms with Gasteiger partial charge in [0.15, 0.2) is 0 Å². The maximum Gasteiger partial charge on any atom is 0.344 e. The van der Waals surface area contributed by atoms with Crippen molar-refractivity contribution in [2.24, 2.45) is 5.41 Å². The van der Waals surface area contributed by atoms with Crippen LogP contribution in [0, 0.1) is 12.3 Å². The summed E-state index contributed by atoms with van der Waals surface area (Å²) in [5.41, 5.74) is 0.979. The summed E-state index contributed by atoms with van der Waals surface area (Å²) in [5, 5.41) is 0.589. The summed E-state index contributed by atoms with van der Waals surface area (Å²) in [6.45, 7) is 7.96. The van der Waals surface area contributed by atoms with E-state index < -0.39 is 11.9 Å². The van der Waals surface area contributed by atoms with E-state index in [0.717, 1.165) is 5.56 Å². The summed E-state index contributed by atoms with van der Waals surface area (Å²) in [7, 11) is 0. The van der Waals surface area contributed by atoms with Gasteiger partial charge in [0.1, 0.15) is 5.75 Å². The summed E-state index contributed by atoms with van der Waals surface area (Å²) < 4.78 is 10.7. The first-order chi connectivity index (χ1) is 11.7. The smallest absolute Gasteiger partial charge is 0.344 e. The van der Waals surface area contributed by atoms with Crippen molar-refractivity contribution in [1.29, 1.82) is 0 Å². The minimum absolute atomic E-state index is 0.161. The van der Waals surface area contributed by atoms with Crippen LogP contribution in [0.4, 0.5) is 0 Å². The molecule has 132 valence electrons. The van der Waals surface area contributed by atoms with Crippen LogP contribution >= 0.6 is 11.6 Å². The van der Waals surface area contributed by atoms with E-state index in [1.54, 1.807) is 42.5 Å². The van der Waals surface area contributed by atoms with Crippen molar-refractivity contribution in [3.8, 4) is 5.75 Å². The second-order valence-electron chi connectivity index (χ2n) is 6.98. The molecule has 0 heterocycles. The molecule has 0 fully saturated rings. The van der Waals surface area contributed by atoms with E-state index in [0.29, 0.717) is 10.8 Å². The highest BCUT2D eigenvalue weighted by atomic mass is 35.5. The van der Waals surface area contributed by atoms with Gasteiger partial charge in [-0.15, -0.1) is 0 Å². The Morgan fingerprint density at radius 2 is 1.60 bits per heavy atom. The lowest BCUT2D eigenvalue weighted by Gasteiger charge is -2.18. The van der Waals surface area contributed by atoms with E-state index in [1.165, 1.54) is 0 Å². The second kappa shape index (κ2) is 7.70. The van der Waals surface area contributed by atoms with E-state index in [4.69, 9.17) is 21.1 Å². The van der Waals surface area contributed by atoms with Crippen molar-refractivity contribution < 1.29 is 19.1 Å². The highest BCUT2D eigenvalue weighted by molar-refractivity contribution is 6.31. The minimum Gasteiger partial charge on any atom is -0.462 e. The number of halogens is 1. The van der Waals surface area contributed by atoms with Gasteiger partial charge in [-0.25, -0.2) is 9.59 Å². The van der Waals surface area contributed by atoms with Gasteiger partial charge < -0.3 is 9.47 Å². The number of carbonyl (C=O) groups is 2. The summed E-state index contributed by atoms with van der Waals surface area (Å²) in [4.78, 5) is 24.8. The molecular formula is C20H21ClO4. The van der Waals surface area contributed by atoms with Crippen molar-refractivity contribution in [2.45, 2.75) is 27.7 Å². The van der Waals surface area contributed by atoms with E-state index in [-0.39, 0.29) is 23.1 Å². The molecule has 2 aromatic carbocycles. The first-order valence-electron chi connectivity index (χ1n) is 7.92. The lowest BCUT2D eigenvalue weighted by Crippen LogP contribution is -2.21. The van der Waals surface area contributed by atoms with Crippen molar-refractivity contribution >= 4 is 23.5 Å². The number of hydrogen-bond donors (Lipinski definition) is 0. The van der Waals surface area contributed by atoms with Gasteiger partial charge in [0.2, 0.25) is 0 Å². The van der Waals surface area contributed by atoms with Crippen LogP contribution in [0.3, 0.4) is 0 Å². The maximum atomic E-state index is 12.5. The van der Waals surface area contributed by atoms with Crippen molar-refractivity contribution in [1.82, 2.24) is 0 Å². The molecule has 0 unspecified atom stereocenters. The van der Waals surface area contributed by atoms with E-state index in [1.807, 2.05) is 27.7 Å². The number of aryl methyl sites for hydroxylation is 1. The topological polar surface area (TPSA) is 52.6 Å². The quantitative estimate of drug-likeness (QED) is 0.564. The number of ether oxygens (including phenoxy) is 2. The van der Waals surface area contributed by atoms with Crippen LogP contribution in [0.5, 0.6) is 5.75 Å². The fourth-order valence-corrected chi connectivity index (χ4v) is 2.16. The number of hydrogen-bond acceptors (Lipinski definition) is 4. The third-order valence-corrected chi connectivity index (χ3v) is 3.77. The Morgan fingerprint density at radius 1 is 1.00 bits per heavy atom. The third kappa shape index (κ3) is 5.33. The Bertz CT molecular complexity index is 791. The number of carbonyl (C=O) groups excluding carboxylic acids is 2. The average Bonchev–Trinajstić information content (AvgIpc) is 2.55. The van der Waals surface area contributed by atoms with Crippen molar-refractivity contribution in [3.63, 3.8) is 0 Å². The van der Waals surface area contributed by atoms with Gasteiger partial charge in [0.05, 0.1) is 17.7 Å². The molecule has 4 nitrogen and oxygen atoms in total. The minimum atomic E-state index is -0.620. The van der Waals surface area contributed by atoms with Crippen molar-refractivity contribution in [3.05, 3.63) is 64.2 Å². The monoisotopic (exact) mass is 360 g/mol. The zero-order chi connectivity index (χ0) is 18.6. The molecule has 25 heavy (non-hydrogen) atoms. The molecule has 0 bridgehead atoms. The third-order valence-electron chi connectivity index (χ3n) is 3.34. The van der Waals surface area contributed by atoms with Crippen LogP contribution in [-0.4, -0.2) is 18.5 Å². The Kier molecular flexibility index (Phi) is 5.85. The van der Waals surface area contributed by atoms with Crippen LogP contribution in [0.2, 0.25) is 5.02 Å². The number of rotatable bonds is 4. The van der Waals surface area contributed by atoms with E-state index >= 15 is 0 Å². The van der Waals surface area contributed by atoms with Crippen LogP contribution in [-0.2, 0) is 4.74 Å². The van der Waals surface area contributed by atoms with Gasteiger partial charge in [0, 0.05) is 5.02 Å². The molecule has 2 aromatic rings. The van der Waals surface area contributed by atoms with Crippen molar-refractivity contribution in [2.75, 3.05) is 6.61 Å². The van der Waals surface area contributed by atoms with Gasteiger partial charge in [-0.05, 0) is 48.2 Å². The molecule has 0 amide bonds. The normalized spacial score (nSPS) is 11.1. The fourth-order valence-electron chi connectivity index (χ4n) is 2.04. The molecule has 2 rings (SSSR count). The molecule has 5 heteroatoms. The summed E-state index contributed by atoms with van der Waals surface area (Å²) >= 11 is 5.97. The van der Waals surface area contributed by atoms with Gasteiger partial charge in [0.25, 0.3) is 0 Å². The lowest BCUT2D eigenvalue weighted by atomic mass is 9.98. The second-order valence-corrected chi connectivity index (χ2v) is 7.39. The maximum absolute atomic E-state index is 12.5. The van der Waals surface area contributed by atoms with Crippen LogP contribution in [0.1, 0.15) is 47.1 Å². The molecule has 0 aromatic heterocycles. The molecule has 0 radical (unpaired) electrons. The predicted octanol–water partition coefficient (Wildman–Crippen LogP) is 5.07. The SMILES string of the molecule is Cc1cc(OC(=O)c2ccccc2C(=O)OCC(C)(C)C)ccc1Cl. The Balaban J connectivity index is 2.19. The number of esters is 2. The standard InChI is InChI=1S/C20H21ClO4/c1-13-11-14(9-10-17(13)21)25-19(23)16-8-6-5-7-15(16)18(22)24-12-20(2,3)4/h5-11H,12H2,1-4H3. The largest absolute Gasteiger partial charge is 0.462 e. The fraction of sp³-hybridized carbons (Fsp3) is 0.300. The van der Waals surface area contributed by atoms with E-state index in [2.05, 4.69) is 0 Å². The summed E-state index contributed by atoms with van der Waals surface area (Å²) in [6.07, 6.45) is 0. The predicted molar refractivity (Wildman–Crippen MR) is 97.3 cm³/mol. The first-order valence-corrected chi connectivity index (χ1v) is 8.30.